The van der Waals surface area contributed by atoms with Crippen molar-refractivity contribution in [1.29, 1.82) is 0 Å². The molecule has 140 valence electrons. The van der Waals surface area contributed by atoms with Gasteiger partial charge in [0.15, 0.2) is 0 Å². The number of aromatic hydroxyl groups is 1. The van der Waals surface area contributed by atoms with Gasteiger partial charge in [-0.2, -0.15) is 0 Å². The quantitative estimate of drug-likeness (QED) is 0.901. The molecule has 0 spiro atoms. The topological polar surface area (TPSA) is 43.8 Å². The highest BCUT2D eigenvalue weighted by Crippen LogP contribution is 2.61. The molecule has 5 fully saturated rings. The van der Waals surface area contributed by atoms with E-state index in [1.54, 1.807) is 12.1 Å². The second-order valence-electron chi connectivity index (χ2n) is 9.48. The van der Waals surface area contributed by atoms with Crippen LogP contribution in [-0.4, -0.2) is 42.1 Å². The minimum atomic E-state index is 0.304. The Labute approximate surface area is 156 Å². The van der Waals surface area contributed by atoms with Crippen molar-refractivity contribution in [1.82, 2.24) is 4.90 Å². The van der Waals surface area contributed by atoms with Crippen molar-refractivity contribution in [2.45, 2.75) is 44.9 Å². The second kappa shape index (κ2) is 6.17. The van der Waals surface area contributed by atoms with E-state index in [0.29, 0.717) is 17.1 Å². The third-order valence-corrected chi connectivity index (χ3v) is 7.54. The van der Waals surface area contributed by atoms with Gasteiger partial charge in [0.05, 0.1) is 0 Å². The number of anilines is 1. The van der Waals surface area contributed by atoms with E-state index in [9.17, 15) is 9.90 Å². The number of hydrogen-bond donors (Lipinski definition) is 1. The van der Waals surface area contributed by atoms with Crippen molar-refractivity contribution in [2.24, 2.45) is 23.2 Å². The Bertz CT molecular complexity index is 641. The number of benzene rings is 1. The molecule has 4 nitrogen and oxygen atoms in total. The number of carbonyl (C=O) groups is 1. The first-order valence-electron chi connectivity index (χ1n) is 10.4. The van der Waals surface area contributed by atoms with Gasteiger partial charge in [-0.1, -0.05) is 0 Å². The maximum Gasteiger partial charge on any atom is 0.223 e. The molecule has 4 heteroatoms. The van der Waals surface area contributed by atoms with Crippen LogP contribution in [0, 0.1) is 23.2 Å². The minimum Gasteiger partial charge on any atom is -0.508 e. The fourth-order valence-corrected chi connectivity index (χ4v) is 6.82. The van der Waals surface area contributed by atoms with Crippen LogP contribution < -0.4 is 4.90 Å². The number of rotatable bonds is 3. The molecule has 0 aromatic heterocycles. The van der Waals surface area contributed by atoms with Gasteiger partial charge in [-0.25, -0.2) is 0 Å². The molecular formula is C22H30N2O2. The molecule has 1 aromatic rings. The summed E-state index contributed by atoms with van der Waals surface area (Å²) in [5.74, 6) is 3.46. The van der Waals surface area contributed by atoms with E-state index in [4.69, 9.17) is 0 Å². The second-order valence-corrected chi connectivity index (χ2v) is 9.48. The molecule has 4 bridgehead atoms. The van der Waals surface area contributed by atoms with E-state index in [1.165, 1.54) is 38.5 Å². The summed E-state index contributed by atoms with van der Waals surface area (Å²) in [6.07, 6.45) is 9.08. The first-order chi connectivity index (χ1) is 12.6. The number of amides is 1. The van der Waals surface area contributed by atoms with Crippen LogP contribution in [0.1, 0.15) is 44.9 Å². The highest BCUT2D eigenvalue weighted by atomic mass is 16.3. The lowest BCUT2D eigenvalue weighted by Gasteiger charge is -2.57. The molecule has 1 N–H and O–H groups in total. The molecule has 0 atom stereocenters. The van der Waals surface area contributed by atoms with Crippen molar-refractivity contribution in [3.8, 4) is 5.75 Å². The molecule has 4 saturated carbocycles. The summed E-state index contributed by atoms with van der Waals surface area (Å²) in [5.41, 5.74) is 1.48. The Balaban J connectivity index is 1.19. The number of hydrogen-bond acceptors (Lipinski definition) is 3. The molecule has 0 radical (unpaired) electrons. The van der Waals surface area contributed by atoms with Crippen LogP contribution in [0.5, 0.6) is 5.75 Å². The van der Waals surface area contributed by atoms with E-state index in [-0.39, 0.29) is 0 Å². The molecule has 26 heavy (non-hydrogen) atoms. The van der Waals surface area contributed by atoms with E-state index < -0.39 is 0 Å². The summed E-state index contributed by atoms with van der Waals surface area (Å²) in [4.78, 5) is 17.5. The molecule has 0 unspecified atom stereocenters. The molecule has 6 rings (SSSR count). The van der Waals surface area contributed by atoms with Gasteiger partial charge in [-0.3, -0.25) is 4.79 Å². The molecule has 1 aliphatic heterocycles. The van der Waals surface area contributed by atoms with Crippen LogP contribution in [0.2, 0.25) is 0 Å². The smallest absolute Gasteiger partial charge is 0.223 e. The van der Waals surface area contributed by atoms with Gasteiger partial charge >= 0.3 is 0 Å². The largest absolute Gasteiger partial charge is 0.508 e. The van der Waals surface area contributed by atoms with E-state index in [0.717, 1.165) is 56.0 Å². The molecular weight excluding hydrogens is 324 g/mol. The van der Waals surface area contributed by atoms with E-state index in [1.807, 2.05) is 12.1 Å². The Morgan fingerprint density at radius 1 is 0.923 bits per heavy atom. The fourth-order valence-electron chi connectivity index (χ4n) is 6.82. The van der Waals surface area contributed by atoms with Gasteiger partial charge < -0.3 is 14.9 Å². The summed E-state index contributed by atoms with van der Waals surface area (Å²) in [6.45, 7) is 3.42. The lowest BCUT2D eigenvalue weighted by atomic mass is 9.49. The average Bonchev–Trinajstić information content (AvgIpc) is 2.61. The van der Waals surface area contributed by atoms with Crippen LogP contribution in [0.15, 0.2) is 24.3 Å². The molecule has 5 aliphatic rings. The number of nitrogens with zero attached hydrogens (tertiary/aromatic N) is 2. The normalized spacial score (nSPS) is 35.8. The van der Waals surface area contributed by atoms with Crippen molar-refractivity contribution in [2.75, 3.05) is 31.1 Å². The summed E-state index contributed by atoms with van der Waals surface area (Å²) >= 11 is 0. The molecule has 1 aromatic carbocycles. The van der Waals surface area contributed by atoms with E-state index >= 15 is 0 Å². The standard InChI is InChI=1S/C22H30N2O2/c25-20-3-1-19(2-4-20)23-5-7-24(8-6-23)21(26)15-22-12-16-9-17(13-22)11-18(10-16)14-22/h1-4,16-18,25H,5-15H2. The predicted octanol–water partition coefficient (Wildman–Crippen LogP) is 3.65. The predicted molar refractivity (Wildman–Crippen MR) is 102 cm³/mol. The molecule has 1 amide bonds. The van der Waals surface area contributed by atoms with Gasteiger partial charge in [-0.05, 0) is 86.0 Å². The zero-order valence-corrected chi connectivity index (χ0v) is 15.6. The van der Waals surface area contributed by atoms with Crippen molar-refractivity contribution in [3.05, 3.63) is 24.3 Å². The van der Waals surface area contributed by atoms with Crippen LogP contribution in [-0.2, 0) is 4.79 Å². The summed E-state index contributed by atoms with van der Waals surface area (Å²) < 4.78 is 0. The average molecular weight is 354 g/mol. The summed E-state index contributed by atoms with van der Waals surface area (Å²) in [5, 5.41) is 9.45. The first-order valence-corrected chi connectivity index (χ1v) is 10.4. The van der Waals surface area contributed by atoms with Crippen LogP contribution in [0.3, 0.4) is 0 Å². The summed E-state index contributed by atoms with van der Waals surface area (Å²) in [7, 11) is 0. The van der Waals surface area contributed by atoms with Gasteiger partial charge in [0.2, 0.25) is 5.91 Å². The van der Waals surface area contributed by atoms with Crippen LogP contribution in [0.4, 0.5) is 5.69 Å². The van der Waals surface area contributed by atoms with Crippen molar-refractivity contribution < 1.29 is 9.90 Å². The highest BCUT2D eigenvalue weighted by molar-refractivity contribution is 5.77. The van der Waals surface area contributed by atoms with Crippen LogP contribution >= 0.6 is 0 Å². The Morgan fingerprint density at radius 3 is 2.00 bits per heavy atom. The van der Waals surface area contributed by atoms with Crippen molar-refractivity contribution in [3.63, 3.8) is 0 Å². The Morgan fingerprint density at radius 2 is 1.46 bits per heavy atom. The van der Waals surface area contributed by atoms with Gasteiger partial charge in [0.25, 0.3) is 0 Å². The third-order valence-electron chi connectivity index (χ3n) is 7.54. The Hall–Kier alpha value is -1.71. The molecule has 4 aliphatic carbocycles. The monoisotopic (exact) mass is 354 g/mol. The van der Waals surface area contributed by atoms with Crippen molar-refractivity contribution >= 4 is 11.6 Å². The zero-order valence-electron chi connectivity index (χ0n) is 15.6. The number of phenols is 1. The van der Waals surface area contributed by atoms with Gasteiger partial charge in [0.1, 0.15) is 5.75 Å². The lowest BCUT2D eigenvalue weighted by molar-refractivity contribution is -0.139. The Kier molecular flexibility index (Phi) is 3.91. The fraction of sp³-hybridized carbons (Fsp3) is 0.682. The maximum absolute atomic E-state index is 13.0. The lowest BCUT2D eigenvalue weighted by Crippen LogP contribution is -2.52. The first kappa shape index (κ1) is 16.5. The zero-order chi connectivity index (χ0) is 17.7. The number of piperazine rings is 1. The molecule has 1 saturated heterocycles. The van der Waals surface area contributed by atoms with E-state index in [2.05, 4.69) is 9.80 Å². The van der Waals surface area contributed by atoms with Crippen LogP contribution in [0.25, 0.3) is 0 Å². The third kappa shape index (κ3) is 2.97. The number of phenolic OH excluding ortho intramolecular Hbond substituents is 1. The highest BCUT2D eigenvalue weighted by Gasteiger charge is 2.51. The minimum absolute atomic E-state index is 0.304. The van der Waals surface area contributed by atoms with Gasteiger partial charge in [0, 0.05) is 38.3 Å². The molecule has 1 heterocycles. The number of carbonyl (C=O) groups excluding carboxylic acids is 1. The van der Waals surface area contributed by atoms with Gasteiger partial charge in [-0.15, -0.1) is 0 Å². The SMILES string of the molecule is O=C(CC12CC3CC(CC(C3)C1)C2)N1CCN(c2ccc(O)cc2)CC1. The maximum atomic E-state index is 13.0. The summed E-state index contributed by atoms with van der Waals surface area (Å²) in [6, 6.07) is 7.39.